The van der Waals surface area contributed by atoms with E-state index >= 15 is 0 Å². The normalized spacial score (nSPS) is 10.9. The monoisotopic (exact) mass is 289 g/mol. The van der Waals surface area contributed by atoms with Gasteiger partial charge in [-0.2, -0.15) is 0 Å². The van der Waals surface area contributed by atoms with Crippen LogP contribution >= 0.6 is 11.3 Å². The summed E-state index contributed by atoms with van der Waals surface area (Å²) >= 11 is 1.83. The Morgan fingerprint density at radius 3 is 2.90 bits per heavy atom. The van der Waals surface area contributed by atoms with Crippen molar-refractivity contribution in [2.45, 2.75) is 26.3 Å². The number of nitrogens with zero attached hydrogens (tertiary/aromatic N) is 2. The number of rotatable bonds is 8. The van der Waals surface area contributed by atoms with Crippen molar-refractivity contribution in [3.63, 3.8) is 0 Å². The maximum Gasteiger partial charge on any atom is 0.126 e. The molecule has 2 heterocycles. The Bertz CT molecular complexity index is 496. The minimum atomic E-state index is 0.896. The highest BCUT2D eigenvalue weighted by molar-refractivity contribution is 7.09. The number of hydrogen-bond donors (Lipinski definition) is 1. The number of likely N-dealkylation sites (N-methyl/N-ethyl adjacent to an activating group) is 1. The molecular weight excluding hydrogens is 266 g/mol. The molecule has 0 aromatic carbocycles. The van der Waals surface area contributed by atoms with Crippen molar-refractivity contribution in [3.8, 4) is 0 Å². The molecule has 0 aliphatic rings. The fraction of sp³-hybridized carbons (Fsp3) is 0.438. The van der Waals surface area contributed by atoms with Crippen LogP contribution in [0.1, 0.15) is 23.9 Å². The number of nitrogens with one attached hydrogen (secondary N) is 1. The molecule has 0 bridgehead atoms. The zero-order valence-electron chi connectivity index (χ0n) is 12.3. The van der Waals surface area contributed by atoms with Gasteiger partial charge < -0.3 is 10.2 Å². The molecule has 1 N–H and O–H groups in total. The lowest BCUT2D eigenvalue weighted by molar-refractivity contribution is 0.328. The van der Waals surface area contributed by atoms with E-state index in [-0.39, 0.29) is 0 Å². The molecule has 0 aliphatic heterocycles. The Morgan fingerprint density at radius 1 is 1.25 bits per heavy atom. The van der Waals surface area contributed by atoms with Gasteiger partial charge in [-0.05, 0) is 43.5 Å². The molecule has 108 valence electrons. The summed E-state index contributed by atoms with van der Waals surface area (Å²) in [6.45, 7) is 5.10. The van der Waals surface area contributed by atoms with Crippen LogP contribution in [0.5, 0.6) is 0 Å². The molecule has 0 saturated carbocycles. The number of aromatic nitrogens is 1. The second-order valence-electron chi connectivity index (χ2n) is 5.01. The van der Waals surface area contributed by atoms with Crippen LogP contribution in [-0.4, -0.2) is 30.0 Å². The van der Waals surface area contributed by atoms with Crippen LogP contribution in [0, 0.1) is 0 Å². The molecule has 20 heavy (non-hydrogen) atoms. The van der Waals surface area contributed by atoms with E-state index in [0.717, 1.165) is 44.0 Å². The van der Waals surface area contributed by atoms with Crippen LogP contribution in [0.25, 0.3) is 0 Å². The van der Waals surface area contributed by atoms with Crippen molar-refractivity contribution in [1.82, 2.24) is 9.88 Å². The Labute approximate surface area is 125 Å². The Balaban J connectivity index is 1.82. The van der Waals surface area contributed by atoms with Crippen molar-refractivity contribution < 1.29 is 0 Å². The van der Waals surface area contributed by atoms with E-state index < -0.39 is 0 Å². The maximum atomic E-state index is 4.65. The largest absolute Gasteiger partial charge is 0.370 e. The van der Waals surface area contributed by atoms with Crippen molar-refractivity contribution in [1.29, 1.82) is 0 Å². The van der Waals surface area contributed by atoms with Gasteiger partial charge in [-0.1, -0.05) is 19.1 Å². The summed E-state index contributed by atoms with van der Waals surface area (Å²) in [6.07, 6.45) is 2.23. The minimum absolute atomic E-state index is 0.896. The fourth-order valence-corrected chi connectivity index (χ4v) is 2.73. The highest BCUT2D eigenvalue weighted by Crippen LogP contribution is 2.11. The quantitative estimate of drug-likeness (QED) is 0.804. The predicted molar refractivity (Wildman–Crippen MR) is 87.4 cm³/mol. The van der Waals surface area contributed by atoms with Gasteiger partial charge in [0, 0.05) is 24.5 Å². The zero-order chi connectivity index (χ0) is 14.2. The molecule has 2 aromatic rings. The van der Waals surface area contributed by atoms with Gasteiger partial charge in [0.05, 0.1) is 5.69 Å². The molecule has 0 radical (unpaired) electrons. The van der Waals surface area contributed by atoms with Crippen LogP contribution < -0.4 is 5.32 Å². The van der Waals surface area contributed by atoms with Gasteiger partial charge in [-0.25, -0.2) is 4.98 Å². The molecule has 0 spiro atoms. The lowest BCUT2D eigenvalue weighted by Gasteiger charge is -2.16. The van der Waals surface area contributed by atoms with Gasteiger partial charge in [0.15, 0.2) is 0 Å². The van der Waals surface area contributed by atoms with E-state index in [1.807, 2.05) is 17.4 Å². The second-order valence-corrected chi connectivity index (χ2v) is 6.04. The van der Waals surface area contributed by atoms with Crippen molar-refractivity contribution in [3.05, 3.63) is 46.3 Å². The Morgan fingerprint density at radius 2 is 2.15 bits per heavy atom. The van der Waals surface area contributed by atoms with E-state index in [4.69, 9.17) is 0 Å². The van der Waals surface area contributed by atoms with E-state index in [2.05, 4.69) is 58.8 Å². The van der Waals surface area contributed by atoms with Gasteiger partial charge in [-0.3, -0.25) is 0 Å². The summed E-state index contributed by atoms with van der Waals surface area (Å²) < 4.78 is 0. The summed E-state index contributed by atoms with van der Waals surface area (Å²) in [5, 5.41) is 5.47. The SMILES string of the molecule is CCCNc1cccc(CN(C)CCc2cccs2)n1. The average Bonchev–Trinajstić information content (AvgIpc) is 2.97. The summed E-state index contributed by atoms with van der Waals surface area (Å²) in [7, 11) is 2.15. The first kappa shape index (κ1) is 15.0. The standard InChI is InChI=1S/C16H23N3S/c1-3-10-17-16-8-4-6-14(18-16)13-19(2)11-9-15-7-5-12-20-15/h4-8,12H,3,9-11,13H2,1-2H3,(H,17,18). The maximum absolute atomic E-state index is 4.65. The molecule has 2 aromatic heterocycles. The van der Waals surface area contributed by atoms with E-state index in [9.17, 15) is 0 Å². The first-order valence-corrected chi connectivity index (χ1v) is 8.06. The van der Waals surface area contributed by atoms with Crippen LogP contribution in [0.4, 0.5) is 5.82 Å². The van der Waals surface area contributed by atoms with Crippen molar-refractivity contribution in [2.24, 2.45) is 0 Å². The van der Waals surface area contributed by atoms with Gasteiger partial charge in [0.25, 0.3) is 0 Å². The van der Waals surface area contributed by atoms with Crippen LogP contribution in [0.2, 0.25) is 0 Å². The van der Waals surface area contributed by atoms with Crippen molar-refractivity contribution >= 4 is 17.2 Å². The van der Waals surface area contributed by atoms with Crippen molar-refractivity contribution in [2.75, 3.05) is 25.5 Å². The number of thiophene rings is 1. The molecule has 0 saturated heterocycles. The molecule has 4 heteroatoms. The predicted octanol–water partition coefficient (Wildman–Crippen LogP) is 3.64. The lowest BCUT2D eigenvalue weighted by Crippen LogP contribution is -2.21. The smallest absolute Gasteiger partial charge is 0.126 e. The summed E-state index contributed by atoms with van der Waals surface area (Å²) in [5.74, 6) is 0.982. The van der Waals surface area contributed by atoms with E-state index in [1.54, 1.807) is 0 Å². The third-order valence-electron chi connectivity index (χ3n) is 3.11. The average molecular weight is 289 g/mol. The number of pyridine rings is 1. The van der Waals surface area contributed by atoms with Gasteiger partial charge in [-0.15, -0.1) is 11.3 Å². The molecule has 0 atom stereocenters. The van der Waals surface area contributed by atoms with E-state index in [1.165, 1.54) is 4.88 Å². The molecular formula is C16H23N3S. The van der Waals surface area contributed by atoms with Gasteiger partial charge in [0.2, 0.25) is 0 Å². The molecule has 0 aliphatic carbocycles. The fourth-order valence-electron chi connectivity index (χ4n) is 2.03. The highest BCUT2D eigenvalue weighted by Gasteiger charge is 2.03. The first-order valence-electron chi connectivity index (χ1n) is 7.18. The summed E-state index contributed by atoms with van der Waals surface area (Å²) in [4.78, 5) is 8.42. The van der Waals surface area contributed by atoms with Crippen LogP contribution in [0.3, 0.4) is 0 Å². The summed E-state index contributed by atoms with van der Waals surface area (Å²) in [6, 6.07) is 10.5. The Kier molecular flexibility index (Phi) is 6.02. The second kappa shape index (κ2) is 8.02. The zero-order valence-corrected chi connectivity index (χ0v) is 13.1. The van der Waals surface area contributed by atoms with E-state index in [0.29, 0.717) is 0 Å². The molecule has 0 amide bonds. The van der Waals surface area contributed by atoms with Crippen LogP contribution in [0.15, 0.2) is 35.7 Å². The molecule has 0 fully saturated rings. The Hall–Kier alpha value is -1.39. The highest BCUT2D eigenvalue weighted by atomic mass is 32.1. The first-order chi connectivity index (χ1) is 9.78. The van der Waals surface area contributed by atoms with Gasteiger partial charge in [0.1, 0.15) is 5.82 Å². The molecule has 0 unspecified atom stereocenters. The third-order valence-corrected chi connectivity index (χ3v) is 4.05. The number of hydrogen-bond acceptors (Lipinski definition) is 4. The third kappa shape index (κ3) is 4.94. The minimum Gasteiger partial charge on any atom is -0.370 e. The topological polar surface area (TPSA) is 28.2 Å². The number of anilines is 1. The molecule has 3 nitrogen and oxygen atoms in total. The van der Waals surface area contributed by atoms with Crippen LogP contribution in [-0.2, 0) is 13.0 Å². The molecule has 2 rings (SSSR count). The van der Waals surface area contributed by atoms with Gasteiger partial charge >= 0.3 is 0 Å². The summed E-state index contributed by atoms with van der Waals surface area (Å²) in [5.41, 5.74) is 1.12. The lowest BCUT2D eigenvalue weighted by atomic mass is 10.3.